The number of rotatable bonds is 3. The Kier molecular flexibility index (Phi) is 3.24. The summed E-state index contributed by atoms with van der Waals surface area (Å²) < 4.78 is 26.1. The molecule has 0 saturated heterocycles. The number of hydrogen-bond donors (Lipinski definition) is 1. The SMILES string of the molecule is NC1(CC(=O)c2ccc(F)cc2F)CCCC1. The van der Waals surface area contributed by atoms with E-state index in [2.05, 4.69) is 0 Å². The zero-order chi connectivity index (χ0) is 12.5. The van der Waals surface area contributed by atoms with Gasteiger partial charge in [0, 0.05) is 18.0 Å². The highest BCUT2D eigenvalue weighted by atomic mass is 19.1. The lowest BCUT2D eigenvalue weighted by molar-refractivity contribution is 0.0948. The van der Waals surface area contributed by atoms with Crippen molar-refractivity contribution in [3.63, 3.8) is 0 Å². The quantitative estimate of drug-likeness (QED) is 0.824. The van der Waals surface area contributed by atoms with Crippen LogP contribution in [0.3, 0.4) is 0 Å². The first-order valence-corrected chi connectivity index (χ1v) is 5.77. The maximum Gasteiger partial charge on any atom is 0.167 e. The maximum atomic E-state index is 13.4. The maximum absolute atomic E-state index is 13.4. The largest absolute Gasteiger partial charge is 0.325 e. The minimum atomic E-state index is -0.809. The van der Waals surface area contributed by atoms with Crippen molar-refractivity contribution in [1.82, 2.24) is 0 Å². The van der Waals surface area contributed by atoms with Crippen LogP contribution in [0, 0.1) is 11.6 Å². The molecule has 0 bridgehead atoms. The molecule has 4 heteroatoms. The lowest BCUT2D eigenvalue weighted by atomic mass is 9.90. The Morgan fingerprint density at radius 1 is 1.29 bits per heavy atom. The molecular weight excluding hydrogens is 224 g/mol. The van der Waals surface area contributed by atoms with Gasteiger partial charge in [-0.25, -0.2) is 8.78 Å². The van der Waals surface area contributed by atoms with Gasteiger partial charge in [0.1, 0.15) is 11.6 Å². The van der Waals surface area contributed by atoms with Crippen molar-refractivity contribution in [3.8, 4) is 0 Å². The molecule has 92 valence electrons. The van der Waals surface area contributed by atoms with Crippen LogP contribution < -0.4 is 5.73 Å². The van der Waals surface area contributed by atoms with Crippen molar-refractivity contribution in [2.45, 2.75) is 37.6 Å². The average Bonchev–Trinajstić information content (AvgIpc) is 2.64. The summed E-state index contributed by atoms with van der Waals surface area (Å²) in [6.07, 6.45) is 3.74. The van der Waals surface area contributed by atoms with E-state index < -0.39 is 17.2 Å². The van der Waals surface area contributed by atoms with Crippen LogP contribution in [0.5, 0.6) is 0 Å². The van der Waals surface area contributed by atoms with Crippen LogP contribution in [0.15, 0.2) is 18.2 Å². The van der Waals surface area contributed by atoms with E-state index in [0.29, 0.717) is 0 Å². The monoisotopic (exact) mass is 239 g/mol. The number of benzene rings is 1. The highest BCUT2D eigenvalue weighted by Crippen LogP contribution is 2.31. The van der Waals surface area contributed by atoms with Gasteiger partial charge in [-0.05, 0) is 25.0 Å². The van der Waals surface area contributed by atoms with Crippen LogP contribution in [0.2, 0.25) is 0 Å². The molecule has 0 amide bonds. The summed E-state index contributed by atoms with van der Waals surface area (Å²) in [6.45, 7) is 0. The van der Waals surface area contributed by atoms with Crippen LogP contribution in [0.25, 0.3) is 0 Å². The van der Waals surface area contributed by atoms with E-state index in [-0.39, 0.29) is 17.8 Å². The lowest BCUT2D eigenvalue weighted by Gasteiger charge is -2.22. The summed E-state index contributed by atoms with van der Waals surface area (Å²) in [4.78, 5) is 11.9. The fraction of sp³-hybridized carbons (Fsp3) is 0.462. The van der Waals surface area contributed by atoms with E-state index in [1.165, 1.54) is 6.07 Å². The van der Waals surface area contributed by atoms with E-state index in [9.17, 15) is 13.6 Å². The summed E-state index contributed by atoms with van der Waals surface area (Å²) in [6, 6.07) is 3.00. The third-order valence-electron chi connectivity index (χ3n) is 3.34. The second-order valence-electron chi connectivity index (χ2n) is 4.79. The molecule has 1 saturated carbocycles. The molecule has 2 rings (SSSR count). The van der Waals surface area contributed by atoms with Crippen LogP contribution >= 0.6 is 0 Å². The highest BCUT2D eigenvalue weighted by molar-refractivity contribution is 5.97. The van der Waals surface area contributed by atoms with E-state index in [0.717, 1.165) is 37.8 Å². The number of nitrogens with two attached hydrogens (primary N) is 1. The molecule has 17 heavy (non-hydrogen) atoms. The standard InChI is InChI=1S/C13H15F2NO/c14-9-3-4-10(11(15)7-9)12(17)8-13(16)5-1-2-6-13/h3-4,7H,1-2,5-6,8,16H2. The molecule has 0 atom stereocenters. The number of halogens is 2. The summed E-state index contributed by atoms with van der Waals surface area (Å²) in [5.74, 6) is -1.83. The van der Waals surface area contributed by atoms with Gasteiger partial charge in [-0.1, -0.05) is 12.8 Å². The van der Waals surface area contributed by atoms with Gasteiger partial charge in [-0.15, -0.1) is 0 Å². The van der Waals surface area contributed by atoms with Gasteiger partial charge in [-0.3, -0.25) is 4.79 Å². The molecule has 2 N–H and O–H groups in total. The molecule has 1 aliphatic carbocycles. The van der Waals surface area contributed by atoms with E-state index in [1.54, 1.807) is 0 Å². The van der Waals surface area contributed by atoms with Crippen molar-refractivity contribution in [2.24, 2.45) is 5.73 Å². The second kappa shape index (κ2) is 4.53. The van der Waals surface area contributed by atoms with Crippen molar-refractivity contribution >= 4 is 5.78 Å². The lowest BCUT2D eigenvalue weighted by Crippen LogP contribution is -2.38. The minimum absolute atomic E-state index is 0.0666. The Labute approximate surface area is 98.8 Å². The Morgan fingerprint density at radius 2 is 1.94 bits per heavy atom. The molecule has 0 aliphatic heterocycles. The molecule has 0 radical (unpaired) electrons. The Hall–Kier alpha value is -1.29. The van der Waals surface area contributed by atoms with E-state index >= 15 is 0 Å². The zero-order valence-electron chi connectivity index (χ0n) is 9.51. The zero-order valence-corrected chi connectivity index (χ0v) is 9.51. The van der Waals surface area contributed by atoms with Gasteiger partial charge in [0.25, 0.3) is 0 Å². The molecule has 1 aliphatic rings. The summed E-state index contributed by atoms with van der Waals surface area (Å²) in [5.41, 5.74) is 5.49. The Bertz CT molecular complexity index is 439. The molecule has 0 heterocycles. The van der Waals surface area contributed by atoms with Crippen LogP contribution in [0.1, 0.15) is 42.5 Å². The smallest absolute Gasteiger partial charge is 0.167 e. The molecule has 2 nitrogen and oxygen atoms in total. The van der Waals surface area contributed by atoms with Gasteiger partial charge in [0.15, 0.2) is 5.78 Å². The number of carbonyl (C=O) groups excluding carboxylic acids is 1. The third kappa shape index (κ3) is 2.69. The molecule has 1 aromatic carbocycles. The Balaban J connectivity index is 2.14. The van der Waals surface area contributed by atoms with E-state index in [4.69, 9.17) is 5.73 Å². The number of carbonyl (C=O) groups is 1. The summed E-state index contributed by atoms with van der Waals surface area (Å²) >= 11 is 0. The van der Waals surface area contributed by atoms with Crippen molar-refractivity contribution in [2.75, 3.05) is 0 Å². The molecule has 0 spiro atoms. The van der Waals surface area contributed by atoms with Crippen molar-refractivity contribution in [1.29, 1.82) is 0 Å². The normalized spacial score (nSPS) is 18.3. The van der Waals surface area contributed by atoms with Crippen LogP contribution in [-0.2, 0) is 0 Å². The highest BCUT2D eigenvalue weighted by Gasteiger charge is 2.32. The fourth-order valence-electron chi connectivity index (χ4n) is 2.39. The molecule has 0 unspecified atom stereocenters. The first-order chi connectivity index (χ1) is 8.00. The number of hydrogen-bond acceptors (Lipinski definition) is 2. The van der Waals surface area contributed by atoms with Gasteiger partial charge < -0.3 is 5.73 Å². The predicted octanol–water partition coefficient (Wildman–Crippen LogP) is 2.81. The summed E-state index contributed by atoms with van der Waals surface area (Å²) in [7, 11) is 0. The average molecular weight is 239 g/mol. The molecule has 1 fully saturated rings. The third-order valence-corrected chi connectivity index (χ3v) is 3.34. The Morgan fingerprint density at radius 3 is 2.53 bits per heavy atom. The predicted molar refractivity (Wildman–Crippen MR) is 60.7 cm³/mol. The number of Topliss-reactive ketones (excluding diaryl/α,β-unsaturated/α-hetero) is 1. The first-order valence-electron chi connectivity index (χ1n) is 5.77. The number of ketones is 1. The fourth-order valence-corrected chi connectivity index (χ4v) is 2.39. The summed E-state index contributed by atoms with van der Waals surface area (Å²) in [5, 5.41) is 0. The topological polar surface area (TPSA) is 43.1 Å². The molecular formula is C13H15F2NO. The van der Waals surface area contributed by atoms with Gasteiger partial charge in [0.2, 0.25) is 0 Å². The van der Waals surface area contributed by atoms with Crippen LogP contribution in [0.4, 0.5) is 8.78 Å². The minimum Gasteiger partial charge on any atom is -0.325 e. The second-order valence-corrected chi connectivity index (χ2v) is 4.79. The van der Waals surface area contributed by atoms with Crippen LogP contribution in [-0.4, -0.2) is 11.3 Å². The molecule has 0 aromatic heterocycles. The van der Waals surface area contributed by atoms with Gasteiger partial charge in [0.05, 0.1) is 5.56 Å². The molecule has 1 aromatic rings. The van der Waals surface area contributed by atoms with Crippen molar-refractivity contribution in [3.05, 3.63) is 35.4 Å². The van der Waals surface area contributed by atoms with Gasteiger partial charge in [-0.2, -0.15) is 0 Å². The first kappa shape index (κ1) is 12.2. The van der Waals surface area contributed by atoms with E-state index in [1.807, 2.05) is 0 Å². The van der Waals surface area contributed by atoms with Crippen molar-refractivity contribution < 1.29 is 13.6 Å². The van der Waals surface area contributed by atoms with Gasteiger partial charge >= 0.3 is 0 Å².